The van der Waals surface area contributed by atoms with Crippen LogP contribution in [-0.4, -0.2) is 22.5 Å². The lowest BCUT2D eigenvalue weighted by atomic mass is 10.0. The van der Waals surface area contributed by atoms with Gasteiger partial charge >= 0.3 is 5.97 Å². The number of amides is 1. The lowest BCUT2D eigenvalue weighted by molar-refractivity contribution is -0.131. The highest BCUT2D eigenvalue weighted by Gasteiger charge is 2.18. The molecule has 0 aliphatic rings. The lowest BCUT2D eigenvalue weighted by Gasteiger charge is -2.24. The Bertz CT molecular complexity index is 504. The predicted octanol–water partition coefficient (Wildman–Crippen LogP) is 2.70. The summed E-state index contributed by atoms with van der Waals surface area (Å²) in [4.78, 5) is 22.5. The summed E-state index contributed by atoms with van der Waals surface area (Å²) in [6.07, 6.45) is 3.34. The molecule has 0 fully saturated rings. The summed E-state index contributed by atoms with van der Waals surface area (Å²) >= 11 is 0. The van der Waals surface area contributed by atoms with Crippen LogP contribution >= 0.6 is 0 Å². The van der Waals surface area contributed by atoms with E-state index in [2.05, 4.69) is 5.32 Å². The number of nitrogens with one attached hydrogen (secondary N) is 1. The maximum Gasteiger partial charge on any atom is 0.328 e. The average Bonchev–Trinajstić information content (AvgIpc) is 2.36. The number of hydrogen-bond donors (Lipinski definition) is 2. The van der Waals surface area contributed by atoms with Crippen LogP contribution in [0.15, 0.2) is 30.3 Å². The first kappa shape index (κ1) is 15.0. The summed E-state index contributed by atoms with van der Waals surface area (Å²) in [5.74, 6) is -1.17. The molecule has 0 heterocycles. The van der Waals surface area contributed by atoms with Crippen LogP contribution in [0, 0.1) is 0 Å². The molecule has 0 atom stereocenters. The van der Waals surface area contributed by atoms with Gasteiger partial charge in [0.25, 0.3) is 5.91 Å². The van der Waals surface area contributed by atoms with E-state index in [0.717, 1.165) is 12.5 Å². The summed E-state index contributed by atoms with van der Waals surface area (Å²) in [6.45, 7) is 5.92. The van der Waals surface area contributed by atoms with Crippen molar-refractivity contribution in [2.24, 2.45) is 0 Å². The van der Waals surface area contributed by atoms with Crippen molar-refractivity contribution < 1.29 is 14.7 Å². The Kier molecular flexibility index (Phi) is 4.87. The van der Waals surface area contributed by atoms with Crippen LogP contribution in [0.5, 0.6) is 0 Å². The van der Waals surface area contributed by atoms with Crippen molar-refractivity contribution in [2.75, 3.05) is 0 Å². The molecule has 1 rings (SSSR count). The van der Waals surface area contributed by atoms with E-state index in [4.69, 9.17) is 5.11 Å². The number of hydrogen-bond acceptors (Lipinski definition) is 2. The number of rotatable bonds is 5. The average molecular weight is 261 g/mol. The van der Waals surface area contributed by atoms with Gasteiger partial charge in [-0.2, -0.15) is 0 Å². The minimum Gasteiger partial charge on any atom is -0.478 e. The van der Waals surface area contributed by atoms with E-state index in [1.807, 2.05) is 20.8 Å². The smallest absolute Gasteiger partial charge is 0.328 e. The molecule has 1 amide bonds. The molecule has 0 saturated carbocycles. The van der Waals surface area contributed by atoms with Crippen molar-refractivity contribution in [3.8, 4) is 0 Å². The summed E-state index contributed by atoms with van der Waals surface area (Å²) in [7, 11) is 0. The van der Waals surface area contributed by atoms with E-state index < -0.39 is 5.97 Å². The Morgan fingerprint density at radius 1 is 1.37 bits per heavy atom. The Balaban J connectivity index is 2.87. The number of carboxylic acid groups (broad SMARTS) is 1. The van der Waals surface area contributed by atoms with Crippen LogP contribution in [0.4, 0.5) is 0 Å². The molecule has 1 aromatic carbocycles. The molecule has 0 aromatic heterocycles. The first-order chi connectivity index (χ1) is 8.84. The lowest BCUT2D eigenvalue weighted by Crippen LogP contribution is -2.42. The molecule has 102 valence electrons. The van der Waals surface area contributed by atoms with Crippen molar-refractivity contribution >= 4 is 18.0 Å². The number of carbonyl (C=O) groups excluding carboxylic acids is 1. The van der Waals surface area contributed by atoms with E-state index in [0.29, 0.717) is 11.1 Å². The number of carbonyl (C=O) groups is 2. The van der Waals surface area contributed by atoms with Crippen LogP contribution < -0.4 is 5.32 Å². The Hall–Kier alpha value is -2.10. The fourth-order valence-electron chi connectivity index (χ4n) is 1.42. The SMILES string of the molecule is CCC(C)(C)NC(=O)c1cccc(/C=C/C(=O)O)c1. The second kappa shape index (κ2) is 6.18. The third-order valence-corrected chi connectivity index (χ3v) is 2.90. The van der Waals surface area contributed by atoms with E-state index in [9.17, 15) is 9.59 Å². The van der Waals surface area contributed by atoms with Crippen LogP contribution in [-0.2, 0) is 4.79 Å². The van der Waals surface area contributed by atoms with Gasteiger partial charge in [0.2, 0.25) is 0 Å². The van der Waals surface area contributed by atoms with Gasteiger partial charge in [0.15, 0.2) is 0 Å². The van der Waals surface area contributed by atoms with Gasteiger partial charge in [-0.1, -0.05) is 19.1 Å². The van der Waals surface area contributed by atoms with Gasteiger partial charge in [-0.05, 0) is 44.0 Å². The van der Waals surface area contributed by atoms with Gasteiger partial charge in [-0.15, -0.1) is 0 Å². The Labute approximate surface area is 113 Å². The highest BCUT2D eigenvalue weighted by Crippen LogP contribution is 2.11. The minimum absolute atomic E-state index is 0.155. The molecule has 0 saturated heterocycles. The zero-order chi connectivity index (χ0) is 14.5. The maximum atomic E-state index is 12.1. The molecule has 0 aliphatic carbocycles. The topological polar surface area (TPSA) is 66.4 Å². The molecule has 4 heteroatoms. The van der Waals surface area contributed by atoms with Crippen molar-refractivity contribution in [2.45, 2.75) is 32.7 Å². The number of carboxylic acids is 1. The molecule has 0 bridgehead atoms. The Morgan fingerprint density at radius 2 is 2.05 bits per heavy atom. The zero-order valence-corrected chi connectivity index (χ0v) is 11.4. The molecule has 1 aromatic rings. The highest BCUT2D eigenvalue weighted by molar-refractivity contribution is 5.95. The highest BCUT2D eigenvalue weighted by atomic mass is 16.4. The zero-order valence-electron chi connectivity index (χ0n) is 11.4. The third-order valence-electron chi connectivity index (χ3n) is 2.90. The van der Waals surface area contributed by atoms with Crippen LogP contribution in [0.25, 0.3) is 6.08 Å². The van der Waals surface area contributed by atoms with E-state index in [1.54, 1.807) is 24.3 Å². The van der Waals surface area contributed by atoms with Crippen molar-refractivity contribution in [3.63, 3.8) is 0 Å². The second-order valence-electron chi connectivity index (χ2n) is 4.99. The first-order valence-electron chi connectivity index (χ1n) is 6.17. The molecule has 0 aliphatic heterocycles. The molecule has 0 unspecified atom stereocenters. The maximum absolute atomic E-state index is 12.1. The molecular weight excluding hydrogens is 242 g/mol. The number of benzene rings is 1. The fourth-order valence-corrected chi connectivity index (χ4v) is 1.42. The summed E-state index contributed by atoms with van der Waals surface area (Å²) in [5, 5.41) is 11.5. The molecular formula is C15H19NO3. The minimum atomic E-state index is -1.01. The summed E-state index contributed by atoms with van der Waals surface area (Å²) < 4.78 is 0. The van der Waals surface area contributed by atoms with Crippen molar-refractivity contribution in [1.29, 1.82) is 0 Å². The van der Waals surface area contributed by atoms with Gasteiger partial charge in [-0.3, -0.25) is 4.79 Å². The van der Waals surface area contributed by atoms with E-state index >= 15 is 0 Å². The molecule has 0 spiro atoms. The summed E-state index contributed by atoms with van der Waals surface area (Å²) in [5.41, 5.74) is 0.947. The molecule has 19 heavy (non-hydrogen) atoms. The van der Waals surface area contributed by atoms with Crippen molar-refractivity contribution in [3.05, 3.63) is 41.5 Å². The van der Waals surface area contributed by atoms with Crippen LogP contribution in [0.2, 0.25) is 0 Å². The van der Waals surface area contributed by atoms with E-state index in [1.165, 1.54) is 6.08 Å². The van der Waals surface area contributed by atoms with Crippen LogP contribution in [0.1, 0.15) is 43.1 Å². The summed E-state index contributed by atoms with van der Waals surface area (Å²) in [6, 6.07) is 6.86. The van der Waals surface area contributed by atoms with Gasteiger partial charge in [0.1, 0.15) is 0 Å². The fraction of sp³-hybridized carbons (Fsp3) is 0.333. The predicted molar refractivity (Wildman–Crippen MR) is 74.9 cm³/mol. The molecule has 0 radical (unpaired) electrons. The molecule has 4 nitrogen and oxygen atoms in total. The second-order valence-corrected chi connectivity index (χ2v) is 4.99. The first-order valence-corrected chi connectivity index (χ1v) is 6.17. The van der Waals surface area contributed by atoms with Crippen molar-refractivity contribution in [1.82, 2.24) is 5.32 Å². The standard InChI is InChI=1S/C15H19NO3/c1-4-15(2,3)16-14(19)12-7-5-6-11(10-12)8-9-13(17)18/h5-10H,4H2,1-3H3,(H,16,19)(H,17,18)/b9-8+. The normalized spacial score (nSPS) is 11.5. The van der Waals surface area contributed by atoms with E-state index in [-0.39, 0.29) is 11.4 Å². The monoisotopic (exact) mass is 261 g/mol. The van der Waals surface area contributed by atoms with Gasteiger partial charge in [-0.25, -0.2) is 4.79 Å². The van der Waals surface area contributed by atoms with Gasteiger partial charge < -0.3 is 10.4 Å². The third kappa shape index (κ3) is 4.95. The van der Waals surface area contributed by atoms with Crippen LogP contribution in [0.3, 0.4) is 0 Å². The quantitative estimate of drug-likeness (QED) is 0.801. The Morgan fingerprint density at radius 3 is 2.63 bits per heavy atom. The molecule has 2 N–H and O–H groups in total. The van der Waals surface area contributed by atoms with Gasteiger partial charge in [0, 0.05) is 17.2 Å². The number of aliphatic carboxylic acids is 1. The largest absolute Gasteiger partial charge is 0.478 e. The van der Waals surface area contributed by atoms with Gasteiger partial charge in [0.05, 0.1) is 0 Å².